The van der Waals surface area contributed by atoms with Gasteiger partial charge >= 0.3 is 11.9 Å². The van der Waals surface area contributed by atoms with Gasteiger partial charge in [-0.3, -0.25) is 9.59 Å². The summed E-state index contributed by atoms with van der Waals surface area (Å²) >= 11 is 0. The van der Waals surface area contributed by atoms with E-state index in [0.717, 1.165) is 0 Å². The summed E-state index contributed by atoms with van der Waals surface area (Å²) in [6.45, 7) is 8.05. The summed E-state index contributed by atoms with van der Waals surface area (Å²) in [7, 11) is 1.51. The molecule has 0 aliphatic carbocycles. The Morgan fingerprint density at radius 1 is 1.00 bits per heavy atom. The topological polar surface area (TPSA) is 120 Å². The van der Waals surface area contributed by atoms with Gasteiger partial charge in [-0.1, -0.05) is 26.0 Å². The highest BCUT2D eigenvalue weighted by molar-refractivity contribution is 5.86. The van der Waals surface area contributed by atoms with Crippen LogP contribution in [0, 0.1) is 11.8 Å². The lowest BCUT2D eigenvalue weighted by Gasteiger charge is -2.32. The zero-order valence-corrected chi connectivity index (χ0v) is 17.9. The second-order valence-corrected chi connectivity index (χ2v) is 7.60. The first-order chi connectivity index (χ1) is 13.5. The molecule has 0 aromatic heterocycles. The molecule has 1 rings (SSSR count). The molecule has 164 valence electrons. The highest BCUT2D eigenvalue weighted by atomic mass is 16.6. The molecule has 9 heteroatoms. The van der Waals surface area contributed by atoms with E-state index in [9.17, 15) is 19.2 Å². The van der Waals surface area contributed by atoms with Gasteiger partial charge in [0.2, 0.25) is 11.8 Å². The molecule has 2 amide bonds. The first-order valence-corrected chi connectivity index (χ1v) is 9.65. The predicted octanol–water partition coefficient (Wildman–Crippen LogP) is 0.719. The number of cyclic esters (lactones) is 2. The van der Waals surface area contributed by atoms with Gasteiger partial charge in [0.15, 0.2) is 0 Å². The van der Waals surface area contributed by atoms with Crippen LogP contribution in [-0.4, -0.2) is 61.8 Å². The van der Waals surface area contributed by atoms with Crippen molar-refractivity contribution in [2.45, 2.75) is 58.7 Å². The molecule has 0 radical (unpaired) electrons. The van der Waals surface area contributed by atoms with E-state index in [1.165, 1.54) is 21.0 Å². The first kappa shape index (κ1) is 24.6. The van der Waals surface area contributed by atoms with Crippen LogP contribution in [0.5, 0.6) is 0 Å². The fraction of sp³-hybridized carbons (Fsp3) is 0.700. The van der Waals surface area contributed by atoms with E-state index in [2.05, 4.69) is 10.6 Å². The number of nitrogens with one attached hydrogen (secondary N) is 2. The Kier molecular flexibility index (Phi) is 9.29. The minimum atomic E-state index is -0.871. The molecule has 0 fully saturated rings. The maximum absolute atomic E-state index is 12.3. The third-order valence-corrected chi connectivity index (χ3v) is 5.03. The Balaban J connectivity index is 3.00. The molecular weight excluding hydrogens is 380 g/mol. The zero-order valence-electron chi connectivity index (χ0n) is 17.9. The fourth-order valence-corrected chi connectivity index (χ4v) is 2.48. The summed E-state index contributed by atoms with van der Waals surface area (Å²) in [4.78, 5) is 48.5. The summed E-state index contributed by atoms with van der Waals surface area (Å²) in [6.07, 6.45) is 3.53. The van der Waals surface area contributed by atoms with Crippen LogP contribution in [0.1, 0.15) is 41.0 Å². The van der Waals surface area contributed by atoms with E-state index in [1.807, 2.05) is 6.92 Å². The van der Waals surface area contributed by atoms with Crippen molar-refractivity contribution in [2.75, 3.05) is 20.3 Å². The average Bonchev–Trinajstić information content (AvgIpc) is 2.68. The lowest BCUT2D eigenvalue weighted by atomic mass is 9.90. The van der Waals surface area contributed by atoms with Crippen molar-refractivity contribution < 1.29 is 33.4 Å². The summed E-state index contributed by atoms with van der Waals surface area (Å²) in [5.41, 5.74) is -0.817. The number of carbonyl (C=O) groups is 4. The molecule has 0 aromatic carbocycles. The molecule has 5 atom stereocenters. The van der Waals surface area contributed by atoms with Crippen molar-refractivity contribution in [1.82, 2.24) is 10.6 Å². The lowest BCUT2D eigenvalue weighted by molar-refractivity contribution is -0.158. The van der Waals surface area contributed by atoms with Crippen molar-refractivity contribution in [3.63, 3.8) is 0 Å². The number of esters is 2. The Hall–Kier alpha value is -2.42. The highest BCUT2D eigenvalue weighted by Crippen LogP contribution is 2.23. The van der Waals surface area contributed by atoms with Gasteiger partial charge in [-0.15, -0.1) is 0 Å². The number of carbonyl (C=O) groups excluding carboxylic acids is 4. The van der Waals surface area contributed by atoms with Gasteiger partial charge < -0.3 is 24.8 Å². The first-order valence-electron chi connectivity index (χ1n) is 9.65. The van der Waals surface area contributed by atoms with E-state index in [1.54, 1.807) is 26.0 Å². The van der Waals surface area contributed by atoms with Crippen LogP contribution in [0.25, 0.3) is 0 Å². The summed E-state index contributed by atoms with van der Waals surface area (Å²) < 4.78 is 16.0. The molecule has 1 unspecified atom stereocenters. The smallest absolute Gasteiger partial charge is 0.328 e. The highest BCUT2D eigenvalue weighted by Gasteiger charge is 2.32. The molecule has 2 N–H and O–H groups in total. The fourth-order valence-electron chi connectivity index (χ4n) is 2.48. The van der Waals surface area contributed by atoms with E-state index < -0.39 is 41.4 Å². The average molecular weight is 412 g/mol. The molecule has 9 nitrogen and oxygen atoms in total. The quantitative estimate of drug-likeness (QED) is 0.481. The monoisotopic (exact) mass is 412 g/mol. The Morgan fingerprint density at radius 3 is 2.21 bits per heavy atom. The van der Waals surface area contributed by atoms with E-state index in [0.29, 0.717) is 0 Å². The number of amides is 2. The SMILES string of the molecule is COC1(C)COC(=O)[C@H](C)NC(=O)[C@@H](C)COC(=O)[C@@H](C)NC(=O)C/C=C/[C@@H]1C. The number of rotatable bonds is 1. The molecule has 1 heterocycles. The van der Waals surface area contributed by atoms with Gasteiger partial charge in [0.05, 0.1) is 5.92 Å². The molecular formula is C20H32N2O7. The summed E-state index contributed by atoms with van der Waals surface area (Å²) in [6, 6.07) is -1.72. The van der Waals surface area contributed by atoms with Gasteiger partial charge in [-0.25, -0.2) is 9.59 Å². The second kappa shape index (κ2) is 10.9. The number of methoxy groups -OCH3 is 1. The summed E-state index contributed by atoms with van der Waals surface area (Å²) in [5.74, 6) is -2.90. The molecule has 0 spiro atoms. The van der Waals surface area contributed by atoms with Crippen LogP contribution < -0.4 is 10.6 Å². The normalized spacial score (nSPS) is 34.7. The largest absolute Gasteiger partial charge is 0.463 e. The van der Waals surface area contributed by atoms with Crippen LogP contribution >= 0.6 is 0 Å². The van der Waals surface area contributed by atoms with Crippen molar-refractivity contribution >= 4 is 23.8 Å². The van der Waals surface area contributed by atoms with Crippen LogP contribution in [0.4, 0.5) is 0 Å². The molecule has 1 aliphatic rings. The summed E-state index contributed by atoms with van der Waals surface area (Å²) in [5, 5.41) is 5.10. The van der Waals surface area contributed by atoms with E-state index in [-0.39, 0.29) is 31.5 Å². The van der Waals surface area contributed by atoms with Gasteiger partial charge in [-0.05, 0) is 20.8 Å². The van der Waals surface area contributed by atoms with Crippen LogP contribution in [0.15, 0.2) is 12.2 Å². The number of hydrogen-bond acceptors (Lipinski definition) is 7. The Bertz CT molecular complexity index is 649. The third-order valence-electron chi connectivity index (χ3n) is 5.03. The standard InChI is InChI=1S/C20H32N2O7/c1-12-10-28-18(25)14(3)21-16(23)9-7-8-13(2)20(5,27-6)11-29-19(26)15(4)22-17(12)24/h7-8,12-15H,9-11H2,1-6H3,(H,21,23)(H,22,24)/b8-7+/t12-,13-,14+,15-,20?/m0/s1. The van der Waals surface area contributed by atoms with Gasteiger partial charge in [0.25, 0.3) is 0 Å². The molecule has 0 aromatic rings. The maximum atomic E-state index is 12.3. The Labute approximate surface area is 171 Å². The van der Waals surface area contributed by atoms with Gasteiger partial charge in [-0.2, -0.15) is 0 Å². The number of ether oxygens (including phenoxy) is 3. The Morgan fingerprint density at radius 2 is 1.59 bits per heavy atom. The van der Waals surface area contributed by atoms with Crippen molar-refractivity contribution in [1.29, 1.82) is 0 Å². The molecule has 0 saturated heterocycles. The van der Waals surface area contributed by atoms with Gasteiger partial charge in [0, 0.05) is 19.4 Å². The maximum Gasteiger partial charge on any atom is 0.328 e. The molecule has 29 heavy (non-hydrogen) atoms. The van der Waals surface area contributed by atoms with Crippen molar-refractivity contribution in [2.24, 2.45) is 11.8 Å². The van der Waals surface area contributed by atoms with Crippen LogP contribution in [0.2, 0.25) is 0 Å². The van der Waals surface area contributed by atoms with Crippen molar-refractivity contribution in [3.05, 3.63) is 12.2 Å². The van der Waals surface area contributed by atoms with E-state index >= 15 is 0 Å². The minimum absolute atomic E-state index is 0.0234. The van der Waals surface area contributed by atoms with E-state index in [4.69, 9.17) is 14.2 Å². The number of hydrogen-bond donors (Lipinski definition) is 2. The van der Waals surface area contributed by atoms with Gasteiger partial charge in [0.1, 0.15) is 30.9 Å². The lowest BCUT2D eigenvalue weighted by Crippen LogP contribution is -2.46. The van der Waals surface area contributed by atoms with Crippen LogP contribution in [0.3, 0.4) is 0 Å². The molecule has 1 aliphatic heterocycles. The molecule has 0 saturated carbocycles. The third kappa shape index (κ3) is 7.49. The second-order valence-electron chi connectivity index (χ2n) is 7.60. The van der Waals surface area contributed by atoms with Crippen LogP contribution in [-0.2, 0) is 33.4 Å². The zero-order chi connectivity index (χ0) is 22.2. The minimum Gasteiger partial charge on any atom is -0.463 e. The van der Waals surface area contributed by atoms with Crippen molar-refractivity contribution in [3.8, 4) is 0 Å². The predicted molar refractivity (Wildman–Crippen MR) is 105 cm³/mol. The molecule has 0 bridgehead atoms.